The quantitative estimate of drug-likeness (QED) is 0.808. The van der Waals surface area contributed by atoms with Gasteiger partial charge in [-0.05, 0) is 31.9 Å². The van der Waals surface area contributed by atoms with E-state index in [0.717, 1.165) is 37.0 Å². The number of hydrogen-bond donors (Lipinski definition) is 1. The molecule has 1 aliphatic rings. The zero-order chi connectivity index (χ0) is 16.1. The third-order valence-corrected chi connectivity index (χ3v) is 5.17. The van der Waals surface area contributed by atoms with E-state index in [9.17, 15) is 5.11 Å². The Morgan fingerprint density at radius 1 is 1.22 bits per heavy atom. The average Bonchev–Trinajstić information content (AvgIpc) is 3.04. The molecule has 5 nitrogen and oxygen atoms in total. The molecular formula is C17H22N2O3S. The molecule has 3 rings (SSSR count). The number of ether oxygens (including phenoxy) is 1. The number of para-hydroxylation sites is 1. The van der Waals surface area contributed by atoms with E-state index in [2.05, 4.69) is 10.2 Å². The maximum atomic E-state index is 10.5. The number of benzene rings is 1. The molecule has 0 amide bonds. The number of rotatable bonds is 6. The Kier molecular flexibility index (Phi) is 5.23. The van der Waals surface area contributed by atoms with Crippen molar-refractivity contribution in [1.29, 1.82) is 0 Å². The fourth-order valence-corrected chi connectivity index (χ4v) is 3.77. The molecule has 2 aromatic rings. The van der Waals surface area contributed by atoms with Gasteiger partial charge in [0.25, 0.3) is 11.1 Å². The molecule has 0 atom stereocenters. The first kappa shape index (κ1) is 16.3. The van der Waals surface area contributed by atoms with E-state index in [1.807, 2.05) is 31.2 Å². The summed E-state index contributed by atoms with van der Waals surface area (Å²) in [4.78, 5) is 0. The molecule has 23 heavy (non-hydrogen) atoms. The Balaban J connectivity index is 1.68. The third-order valence-electron chi connectivity index (χ3n) is 4.07. The van der Waals surface area contributed by atoms with E-state index in [0.29, 0.717) is 23.5 Å². The highest BCUT2D eigenvalue weighted by atomic mass is 32.2. The summed E-state index contributed by atoms with van der Waals surface area (Å²) in [6.07, 6.45) is 5.11. The molecule has 0 saturated heterocycles. The van der Waals surface area contributed by atoms with Crippen molar-refractivity contribution >= 4 is 11.8 Å². The zero-order valence-electron chi connectivity index (χ0n) is 13.3. The van der Waals surface area contributed by atoms with Crippen molar-refractivity contribution in [2.45, 2.75) is 49.9 Å². The van der Waals surface area contributed by atoms with Gasteiger partial charge in [-0.25, -0.2) is 0 Å². The van der Waals surface area contributed by atoms with Crippen molar-refractivity contribution in [2.75, 3.05) is 12.4 Å². The first-order valence-corrected chi connectivity index (χ1v) is 9.10. The summed E-state index contributed by atoms with van der Waals surface area (Å²) >= 11 is 1.43. The summed E-state index contributed by atoms with van der Waals surface area (Å²) in [5.74, 6) is 1.79. The highest BCUT2D eigenvalue weighted by Crippen LogP contribution is 2.35. The van der Waals surface area contributed by atoms with Gasteiger partial charge in [0.1, 0.15) is 5.75 Å². The van der Waals surface area contributed by atoms with E-state index >= 15 is 0 Å². The molecule has 124 valence electrons. The van der Waals surface area contributed by atoms with Gasteiger partial charge in [0.2, 0.25) is 0 Å². The normalized spacial score (nSPS) is 17.1. The first-order valence-electron chi connectivity index (χ1n) is 8.11. The Morgan fingerprint density at radius 2 is 2.00 bits per heavy atom. The Bertz CT molecular complexity index is 638. The predicted octanol–water partition coefficient (Wildman–Crippen LogP) is 3.92. The molecule has 0 bridgehead atoms. The van der Waals surface area contributed by atoms with Gasteiger partial charge in [0, 0.05) is 5.75 Å². The van der Waals surface area contributed by atoms with Crippen LogP contribution in [0.4, 0.5) is 0 Å². The van der Waals surface area contributed by atoms with Gasteiger partial charge in [-0.3, -0.25) is 0 Å². The lowest BCUT2D eigenvalue weighted by Gasteiger charge is -2.31. The lowest BCUT2D eigenvalue weighted by molar-refractivity contribution is 0.0271. The minimum absolute atomic E-state index is 0.451. The summed E-state index contributed by atoms with van der Waals surface area (Å²) in [7, 11) is 0. The standard InChI is InChI=1S/C17H22N2O3S/c1-2-21-14-9-5-4-8-13(14)15-18-19-16(22-15)23-12-17(20)10-6-3-7-11-17/h4-5,8-9,20H,2-3,6-7,10-12H2,1H3. The van der Waals surface area contributed by atoms with Crippen molar-refractivity contribution < 1.29 is 14.3 Å². The van der Waals surface area contributed by atoms with Crippen LogP contribution in [0.2, 0.25) is 0 Å². The van der Waals surface area contributed by atoms with Gasteiger partial charge in [-0.2, -0.15) is 0 Å². The number of nitrogens with zero attached hydrogens (tertiary/aromatic N) is 2. The van der Waals surface area contributed by atoms with Crippen LogP contribution in [-0.4, -0.2) is 33.3 Å². The van der Waals surface area contributed by atoms with Crippen molar-refractivity contribution in [1.82, 2.24) is 10.2 Å². The zero-order valence-corrected chi connectivity index (χ0v) is 14.1. The monoisotopic (exact) mass is 334 g/mol. The first-order chi connectivity index (χ1) is 11.2. The molecule has 1 aromatic carbocycles. The summed E-state index contributed by atoms with van der Waals surface area (Å²) < 4.78 is 11.3. The second-order valence-corrected chi connectivity index (χ2v) is 6.80. The second-order valence-electron chi connectivity index (χ2n) is 5.88. The predicted molar refractivity (Wildman–Crippen MR) is 89.7 cm³/mol. The van der Waals surface area contributed by atoms with Gasteiger partial charge in [0.05, 0.1) is 17.8 Å². The van der Waals surface area contributed by atoms with Crippen molar-refractivity contribution in [3.05, 3.63) is 24.3 Å². The van der Waals surface area contributed by atoms with Crippen LogP contribution in [-0.2, 0) is 0 Å². The fraction of sp³-hybridized carbons (Fsp3) is 0.529. The highest BCUT2D eigenvalue weighted by molar-refractivity contribution is 7.99. The number of thioether (sulfide) groups is 1. The number of aliphatic hydroxyl groups is 1. The van der Waals surface area contributed by atoms with Crippen LogP contribution < -0.4 is 4.74 Å². The van der Waals surface area contributed by atoms with Crippen LogP contribution >= 0.6 is 11.8 Å². The van der Waals surface area contributed by atoms with E-state index < -0.39 is 5.60 Å². The molecule has 0 spiro atoms. The molecule has 0 radical (unpaired) electrons. The lowest BCUT2D eigenvalue weighted by Crippen LogP contribution is -2.33. The minimum Gasteiger partial charge on any atom is -0.493 e. The van der Waals surface area contributed by atoms with Crippen LogP contribution in [0.25, 0.3) is 11.5 Å². The van der Waals surface area contributed by atoms with Gasteiger partial charge in [-0.1, -0.05) is 43.2 Å². The smallest absolute Gasteiger partial charge is 0.276 e. The van der Waals surface area contributed by atoms with Crippen LogP contribution in [0.5, 0.6) is 5.75 Å². The topological polar surface area (TPSA) is 68.4 Å². The summed E-state index contributed by atoms with van der Waals surface area (Å²) in [5.41, 5.74) is 0.200. The van der Waals surface area contributed by atoms with Crippen LogP contribution in [0.3, 0.4) is 0 Å². The van der Waals surface area contributed by atoms with Gasteiger partial charge < -0.3 is 14.3 Å². The van der Waals surface area contributed by atoms with Crippen molar-refractivity contribution in [2.24, 2.45) is 0 Å². The molecule has 1 saturated carbocycles. The SMILES string of the molecule is CCOc1ccccc1-c1nnc(SCC2(O)CCCCC2)o1. The number of hydrogen-bond acceptors (Lipinski definition) is 6. The fourth-order valence-electron chi connectivity index (χ4n) is 2.85. The Labute approximate surface area is 140 Å². The second kappa shape index (κ2) is 7.36. The molecule has 0 unspecified atom stereocenters. The Morgan fingerprint density at radius 3 is 2.78 bits per heavy atom. The molecule has 1 aliphatic carbocycles. The van der Waals surface area contributed by atoms with E-state index in [1.165, 1.54) is 18.2 Å². The molecule has 1 aromatic heterocycles. The molecule has 1 fully saturated rings. The van der Waals surface area contributed by atoms with Crippen molar-refractivity contribution in [3.8, 4) is 17.2 Å². The Hall–Kier alpha value is -1.53. The van der Waals surface area contributed by atoms with Gasteiger partial charge in [-0.15, -0.1) is 10.2 Å². The van der Waals surface area contributed by atoms with E-state index in [4.69, 9.17) is 9.15 Å². The minimum atomic E-state index is -0.596. The van der Waals surface area contributed by atoms with Crippen LogP contribution in [0.1, 0.15) is 39.0 Å². The lowest BCUT2D eigenvalue weighted by atomic mass is 9.86. The maximum Gasteiger partial charge on any atom is 0.276 e. The molecule has 6 heteroatoms. The maximum absolute atomic E-state index is 10.5. The van der Waals surface area contributed by atoms with E-state index in [-0.39, 0.29) is 0 Å². The largest absolute Gasteiger partial charge is 0.493 e. The highest BCUT2D eigenvalue weighted by Gasteiger charge is 2.30. The summed E-state index contributed by atoms with van der Waals surface area (Å²) in [6, 6.07) is 7.63. The van der Waals surface area contributed by atoms with Gasteiger partial charge >= 0.3 is 0 Å². The van der Waals surface area contributed by atoms with E-state index in [1.54, 1.807) is 0 Å². The summed E-state index contributed by atoms with van der Waals surface area (Å²) in [6.45, 7) is 2.52. The molecule has 1 heterocycles. The molecule has 1 N–H and O–H groups in total. The molecular weight excluding hydrogens is 312 g/mol. The van der Waals surface area contributed by atoms with Crippen molar-refractivity contribution in [3.63, 3.8) is 0 Å². The van der Waals surface area contributed by atoms with Crippen LogP contribution in [0, 0.1) is 0 Å². The molecule has 0 aliphatic heterocycles. The third kappa shape index (κ3) is 4.06. The average molecular weight is 334 g/mol. The van der Waals surface area contributed by atoms with Crippen LogP contribution in [0.15, 0.2) is 33.9 Å². The number of aromatic nitrogens is 2. The summed E-state index contributed by atoms with van der Waals surface area (Å²) in [5, 5.41) is 19.2. The van der Waals surface area contributed by atoms with Gasteiger partial charge in [0.15, 0.2) is 0 Å².